The standard InChI is InChI=1S/C13H24N2O/c1-13(2,7-4-8-14)10-15-9-11-5-3-6-12(11)16/h11-12,15-16H,3-7,9-10H2,1-2H3. The van der Waals surface area contributed by atoms with Crippen molar-refractivity contribution in [2.75, 3.05) is 13.1 Å². The molecule has 92 valence electrons. The van der Waals surface area contributed by atoms with Crippen LogP contribution in [0.3, 0.4) is 0 Å². The Morgan fingerprint density at radius 3 is 2.75 bits per heavy atom. The molecule has 0 spiro atoms. The molecule has 0 aromatic heterocycles. The maximum atomic E-state index is 9.68. The first-order valence-corrected chi connectivity index (χ1v) is 6.31. The van der Waals surface area contributed by atoms with E-state index in [4.69, 9.17) is 5.26 Å². The molecule has 0 radical (unpaired) electrons. The van der Waals surface area contributed by atoms with Gasteiger partial charge in [0.25, 0.3) is 0 Å². The predicted molar refractivity (Wildman–Crippen MR) is 64.8 cm³/mol. The fraction of sp³-hybridized carbons (Fsp3) is 0.923. The quantitative estimate of drug-likeness (QED) is 0.726. The lowest BCUT2D eigenvalue weighted by Gasteiger charge is -2.25. The largest absolute Gasteiger partial charge is 0.393 e. The summed E-state index contributed by atoms with van der Waals surface area (Å²) in [4.78, 5) is 0. The first-order chi connectivity index (χ1) is 7.55. The number of nitriles is 1. The van der Waals surface area contributed by atoms with Crippen LogP contribution in [0.25, 0.3) is 0 Å². The van der Waals surface area contributed by atoms with Gasteiger partial charge < -0.3 is 10.4 Å². The Labute approximate surface area is 98.8 Å². The summed E-state index contributed by atoms with van der Waals surface area (Å²) < 4.78 is 0. The molecule has 0 saturated heterocycles. The van der Waals surface area contributed by atoms with E-state index >= 15 is 0 Å². The second-order valence-electron chi connectivity index (χ2n) is 5.71. The van der Waals surface area contributed by atoms with Gasteiger partial charge in [-0.25, -0.2) is 0 Å². The molecule has 1 aliphatic carbocycles. The van der Waals surface area contributed by atoms with Gasteiger partial charge in [-0.15, -0.1) is 0 Å². The van der Waals surface area contributed by atoms with Crippen molar-refractivity contribution in [3.8, 4) is 6.07 Å². The van der Waals surface area contributed by atoms with Crippen LogP contribution in [-0.4, -0.2) is 24.3 Å². The SMILES string of the molecule is CC(C)(CCC#N)CNCC1CCCC1O. The molecule has 1 fully saturated rings. The second-order valence-corrected chi connectivity index (χ2v) is 5.71. The molecular formula is C13H24N2O. The van der Waals surface area contributed by atoms with Crippen molar-refractivity contribution in [3.63, 3.8) is 0 Å². The summed E-state index contributed by atoms with van der Waals surface area (Å²) in [5, 5.41) is 21.7. The van der Waals surface area contributed by atoms with Gasteiger partial charge in [0.15, 0.2) is 0 Å². The molecule has 16 heavy (non-hydrogen) atoms. The summed E-state index contributed by atoms with van der Waals surface area (Å²) >= 11 is 0. The van der Waals surface area contributed by atoms with Gasteiger partial charge in [-0.05, 0) is 30.6 Å². The molecule has 2 N–H and O–H groups in total. The van der Waals surface area contributed by atoms with Crippen LogP contribution >= 0.6 is 0 Å². The van der Waals surface area contributed by atoms with E-state index in [0.29, 0.717) is 12.3 Å². The molecule has 3 nitrogen and oxygen atoms in total. The van der Waals surface area contributed by atoms with Crippen LogP contribution < -0.4 is 5.32 Å². The number of hydrogen-bond acceptors (Lipinski definition) is 3. The summed E-state index contributed by atoms with van der Waals surface area (Å²) in [5.74, 6) is 0.437. The van der Waals surface area contributed by atoms with E-state index in [1.165, 1.54) is 0 Å². The molecule has 0 aromatic rings. The third kappa shape index (κ3) is 4.51. The second kappa shape index (κ2) is 6.22. The molecule has 0 aromatic carbocycles. The van der Waals surface area contributed by atoms with Gasteiger partial charge in [0.05, 0.1) is 12.2 Å². The number of rotatable bonds is 6. The van der Waals surface area contributed by atoms with Crippen molar-refractivity contribution in [2.45, 2.75) is 52.1 Å². The number of aliphatic hydroxyl groups excluding tert-OH is 1. The number of aliphatic hydroxyl groups is 1. The highest BCUT2D eigenvalue weighted by Gasteiger charge is 2.25. The molecule has 0 heterocycles. The van der Waals surface area contributed by atoms with Crippen LogP contribution in [0.1, 0.15) is 46.0 Å². The molecule has 1 saturated carbocycles. The Bertz CT molecular complexity index is 245. The van der Waals surface area contributed by atoms with E-state index in [-0.39, 0.29) is 11.5 Å². The topological polar surface area (TPSA) is 56.0 Å². The first-order valence-electron chi connectivity index (χ1n) is 6.31. The van der Waals surface area contributed by atoms with Crippen LogP contribution in [0.4, 0.5) is 0 Å². The Morgan fingerprint density at radius 1 is 1.44 bits per heavy atom. The van der Waals surface area contributed by atoms with Crippen molar-refractivity contribution in [1.82, 2.24) is 5.32 Å². The van der Waals surface area contributed by atoms with Crippen molar-refractivity contribution in [3.05, 3.63) is 0 Å². The van der Waals surface area contributed by atoms with E-state index < -0.39 is 0 Å². The molecule has 0 bridgehead atoms. The lowest BCUT2D eigenvalue weighted by atomic mass is 9.88. The average molecular weight is 224 g/mol. The maximum absolute atomic E-state index is 9.68. The minimum atomic E-state index is -0.102. The van der Waals surface area contributed by atoms with Gasteiger partial charge in [0.1, 0.15) is 0 Å². The lowest BCUT2D eigenvalue weighted by molar-refractivity contribution is 0.129. The summed E-state index contributed by atoms with van der Waals surface area (Å²) in [7, 11) is 0. The van der Waals surface area contributed by atoms with Crippen molar-refractivity contribution < 1.29 is 5.11 Å². The first kappa shape index (κ1) is 13.5. The molecule has 1 rings (SSSR count). The number of nitrogens with one attached hydrogen (secondary N) is 1. The lowest BCUT2D eigenvalue weighted by Crippen LogP contribution is -2.34. The Hall–Kier alpha value is -0.590. The monoisotopic (exact) mass is 224 g/mol. The Balaban J connectivity index is 2.16. The van der Waals surface area contributed by atoms with Crippen LogP contribution in [0.5, 0.6) is 0 Å². The third-order valence-corrected chi connectivity index (χ3v) is 3.54. The summed E-state index contributed by atoms with van der Waals surface area (Å²) in [6, 6.07) is 2.19. The van der Waals surface area contributed by atoms with Crippen LogP contribution in [0.2, 0.25) is 0 Å². The predicted octanol–water partition coefficient (Wildman–Crippen LogP) is 2.07. The minimum absolute atomic E-state index is 0.102. The van der Waals surface area contributed by atoms with E-state index in [1.807, 2.05) is 0 Å². The van der Waals surface area contributed by atoms with E-state index in [9.17, 15) is 5.11 Å². The van der Waals surface area contributed by atoms with Crippen molar-refractivity contribution >= 4 is 0 Å². The van der Waals surface area contributed by atoms with Crippen molar-refractivity contribution in [1.29, 1.82) is 5.26 Å². The average Bonchev–Trinajstić information content (AvgIpc) is 2.62. The fourth-order valence-corrected chi connectivity index (χ4v) is 2.33. The Morgan fingerprint density at radius 2 is 2.19 bits per heavy atom. The van der Waals surface area contributed by atoms with Gasteiger partial charge in [0, 0.05) is 19.5 Å². The van der Waals surface area contributed by atoms with Crippen LogP contribution in [-0.2, 0) is 0 Å². The summed E-state index contributed by atoms with van der Waals surface area (Å²) in [5.41, 5.74) is 0.180. The van der Waals surface area contributed by atoms with Gasteiger partial charge >= 0.3 is 0 Å². The Kier molecular flexibility index (Phi) is 5.24. The summed E-state index contributed by atoms with van der Waals surface area (Å²) in [6.45, 7) is 6.21. The van der Waals surface area contributed by atoms with E-state index in [2.05, 4.69) is 25.2 Å². The van der Waals surface area contributed by atoms with Gasteiger partial charge in [0.2, 0.25) is 0 Å². The van der Waals surface area contributed by atoms with Crippen LogP contribution in [0.15, 0.2) is 0 Å². The third-order valence-electron chi connectivity index (χ3n) is 3.54. The number of nitrogens with zero attached hydrogens (tertiary/aromatic N) is 1. The minimum Gasteiger partial charge on any atom is -0.393 e. The molecule has 2 unspecified atom stereocenters. The highest BCUT2D eigenvalue weighted by molar-refractivity contribution is 4.81. The molecule has 2 atom stereocenters. The molecular weight excluding hydrogens is 200 g/mol. The van der Waals surface area contributed by atoms with E-state index in [1.54, 1.807) is 0 Å². The normalized spacial score (nSPS) is 25.6. The zero-order chi connectivity index (χ0) is 12.0. The van der Waals surface area contributed by atoms with Crippen molar-refractivity contribution in [2.24, 2.45) is 11.3 Å². The van der Waals surface area contributed by atoms with E-state index in [0.717, 1.165) is 38.8 Å². The highest BCUT2D eigenvalue weighted by atomic mass is 16.3. The zero-order valence-corrected chi connectivity index (χ0v) is 10.5. The molecule has 0 aliphatic heterocycles. The van der Waals surface area contributed by atoms with Gasteiger partial charge in [-0.3, -0.25) is 0 Å². The van der Waals surface area contributed by atoms with Gasteiger partial charge in [-0.1, -0.05) is 20.3 Å². The molecule has 0 amide bonds. The summed E-state index contributed by atoms with van der Waals surface area (Å²) in [6.07, 6.45) is 4.72. The molecule has 3 heteroatoms. The smallest absolute Gasteiger partial charge is 0.0621 e. The highest BCUT2D eigenvalue weighted by Crippen LogP contribution is 2.25. The van der Waals surface area contributed by atoms with Gasteiger partial charge in [-0.2, -0.15) is 5.26 Å². The fourth-order valence-electron chi connectivity index (χ4n) is 2.33. The maximum Gasteiger partial charge on any atom is 0.0621 e. The van der Waals surface area contributed by atoms with Crippen LogP contribution in [0, 0.1) is 22.7 Å². The molecule has 1 aliphatic rings. The number of hydrogen-bond donors (Lipinski definition) is 2. The zero-order valence-electron chi connectivity index (χ0n) is 10.5.